The summed E-state index contributed by atoms with van der Waals surface area (Å²) >= 11 is 0. The van der Waals surface area contributed by atoms with E-state index < -0.39 is 16.0 Å². The number of hydrogen-bond donors (Lipinski definition) is 1. The van der Waals surface area contributed by atoms with Crippen LogP contribution in [0.5, 0.6) is 0 Å². The van der Waals surface area contributed by atoms with Crippen molar-refractivity contribution in [3.63, 3.8) is 0 Å². The lowest BCUT2D eigenvalue weighted by Gasteiger charge is -2.37. The zero-order chi connectivity index (χ0) is 21.8. The van der Waals surface area contributed by atoms with Crippen molar-refractivity contribution in [2.45, 2.75) is 39.0 Å². The van der Waals surface area contributed by atoms with E-state index in [1.165, 1.54) is 0 Å². The molecule has 1 amide bonds. The van der Waals surface area contributed by atoms with Crippen molar-refractivity contribution in [3.05, 3.63) is 70.9 Å². The standard InChI is InChI=1S/C22H24N4O4S/c1-14-20(15(2)26(24-14)16-9-11-31(28,29)13-16)21-23-19-8-4-3-7-18(19)22(27)25(21)12-17-6-5-10-30-17/h3-8,10,16,21,23H,9,11-13H2,1-2H3/t16-,21+/m1/s1. The van der Waals surface area contributed by atoms with Crippen LogP contribution in [-0.2, 0) is 16.4 Å². The van der Waals surface area contributed by atoms with Crippen molar-refractivity contribution in [1.29, 1.82) is 0 Å². The highest BCUT2D eigenvalue weighted by molar-refractivity contribution is 7.91. The van der Waals surface area contributed by atoms with Crippen LogP contribution in [0, 0.1) is 13.8 Å². The molecule has 8 nitrogen and oxygen atoms in total. The molecule has 2 atom stereocenters. The molecule has 9 heteroatoms. The molecule has 3 aromatic rings. The predicted molar refractivity (Wildman–Crippen MR) is 115 cm³/mol. The maximum atomic E-state index is 13.4. The molecule has 162 valence electrons. The molecule has 0 unspecified atom stereocenters. The van der Waals surface area contributed by atoms with Crippen LogP contribution in [0.1, 0.15) is 51.7 Å². The third-order valence-electron chi connectivity index (χ3n) is 6.14. The summed E-state index contributed by atoms with van der Waals surface area (Å²) in [5, 5.41) is 8.20. The highest BCUT2D eigenvalue weighted by Crippen LogP contribution is 2.38. The molecule has 0 saturated carbocycles. The number of carbonyl (C=O) groups excluding carboxylic acids is 1. The second-order valence-electron chi connectivity index (χ2n) is 8.19. The van der Waals surface area contributed by atoms with Crippen molar-refractivity contribution < 1.29 is 17.6 Å². The van der Waals surface area contributed by atoms with Gasteiger partial charge in [0.05, 0.1) is 41.6 Å². The Bertz CT molecular complexity index is 1250. The molecule has 5 rings (SSSR count). The Hall–Kier alpha value is -3.07. The molecule has 1 aromatic carbocycles. The summed E-state index contributed by atoms with van der Waals surface area (Å²) in [5.41, 5.74) is 3.90. The van der Waals surface area contributed by atoms with Gasteiger partial charge in [0.1, 0.15) is 11.9 Å². The third-order valence-corrected chi connectivity index (χ3v) is 7.89. The smallest absolute Gasteiger partial charge is 0.258 e. The van der Waals surface area contributed by atoms with Gasteiger partial charge in [0, 0.05) is 16.9 Å². The number of aromatic nitrogens is 2. The number of sulfone groups is 1. The van der Waals surface area contributed by atoms with Crippen molar-refractivity contribution in [1.82, 2.24) is 14.7 Å². The molecule has 0 radical (unpaired) electrons. The molecule has 1 saturated heterocycles. The van der Waals surface area contributed by atoms with E-state index in [9.17, 15) is 13.2 Å². The Morgan fingerprint density at radius 3 is 2.71 bits per heavy atom. The molecule has 1 fully saturated rings. The minimum absolute atomic E-state index is 0.0919. The van der Waals surface area contributed by atoms with Crippen molar-refractivity contribution in [2.75, 3.05) is 16.8 Å². The summed E-state index contributed by atoms with van der Waals surface area (Å²) in [5.74, 6) is 0.878. The first-order valence-corrected chi connectivity index (χ1v) is 12.1. The summed E-state index contributed by atoms with van der Waals surface area (Å²) in [6.07, 6.45) is 1.70. The highest BCUT2D eigenvalue weighted by Gasteiger charge is 2.38. The number of aryl methyl sites for hydroxylation is 1. The van der Waals surface area contributed by atoms with E-state index in [0.717, 1.165) is 22.6 Å². The van der Waals surface area contributed by atoms with Crippen LogP contribution in [0.3, 0.4) is 0 Å². The molecular weight excluding hydrogens is 416 g/mol. The van der Waals surface area contributed by atoms with Crippen LogP contribution in [0.4, 0.5) is 5.69 Å². The molecular formula is C22H24N4O4S. The van der Waals surface area contributed by atoms with Gasteiger partial charge < -0.3 is 14.6 Å². The summed E-state index contributed by atoms with van der Waals surface area (Å²) in [7, 11) is -3.04. The largest absolute Gasteiger partial charge is 0.467 e. The first-order chi connectivity index (χ1) is 14.8. The number of furan rings is 1. The van der Waals surface area contributed by atoms with E-state index in [4.69, 9.17) is 9.52 Å². The first-order valence-electron chi connectivity index (χ1n) is 10.3. The number of hydrogen-bond acceptors (Lipinski definition) is 6. The minimum Gasteiger partial charge on any atom is -0.467 e. The second kappa shape index (κ2) is 7.26. The predicted octanol–water partition coefficient (Wildman–Crippen LogP) is 3.22. The Morgan fingerprint density at radius 1 is 1.19 bits per heavy atom. The molecule has 31 heavy (non-hydrogen) atoms. The number of benzene rings is 1. The van der Waals surface area contributed by atoms with E-state index in [0.29, 0.717) is 24.3 Å². The van der Waals surface area contributed by atoms with E-state index >= 15 is 0 Å². The highest BCUT2D eigenvalue weighted by atomic mass is 32.2. The molecule has 0 bridgehead atoms. The first kappa shape index (κ1) is 19.9. The van der Waals surface area contributed by atoms with E-state index in [1.54, 1.807) is 17.2 Å². The Kier molecular flexibility index (Phi) is 4.65. The van der Waals surface area contributed by atoms with Gasteiger partial charge in [-0.05, 0) is 44.5 Å². The van der Waals surface area contributed by atoms with Gasteiger partial charge in [-0.3, -0.25) is 9.48 Å². The van der Waals surface area contributed by atoms with Gasteiger partial charge in [-0.25, -0.2) is 8.42 Å². The van der Waals surface area contributed by atoms with Crippen LogP contribution in [0.2, 0.25) is 0 Å². The quantitative estimate of drug-likeness (QED) is 0.669. The Labute approximate surface area is 180 Å². The lowest BCUT2D eigenvalue weighted by molar-refractivity contribution is 0.0650. The number of rotatable bonds is 4. The fraction of sp³-hybridized carbons (Fsp3) is 0.364. The zero-order valence-electron chi connectivity index (χ0n) is 17.4. The summed E-state index contributed by atoms with van der Waals surface area (Å²) in [4.78, 5) is 15.2. The van der Waals surface area contributed by atoms with Crippen LogP contribution in [0.25, 0.3) is 0 Å². The number of nitrogens with one attached hydrogen (secondary N) is 1. The van der Waals surface area contributed by atoms with Gasteiger partial charge in [-0.2, -0.15) is 5.10 Å². The van der Waals surface area contributed by atoms with Gasteiger partial charge in [0.2, 0.25) is 0 Å². The monoisotopic (exact) mass is 440 g/mol. The second-order valence-corrected chi connectivity index (χ2v) is 10.4. The third kappa shape index (κ3) is 3.42. The van der Waals surface area contributed by atoms with Gasteiger partial charge in [-0.15, -0.1) is 0 Å². The molecule has 4 heterocycles. The normalized spacial score (nSPS) is 22.4. The number of carbonyl (C=O) groups is 1. The molecule has 0 spiro atoms. The van der Waals surface area contributed by atoms with Gasteiger partial charge >= 0.3 is 0 Å². The molecule has 0 aliphatic carbocycles. The summed E-state index contributed by atoms with van der Waals surface area (Å²) < 4.78 is 31.4. The Balaban J connectivity index is 1.58. The van der Waals surface area contributed by atoms with Crippen molar-refractivity contribution in [2.24, 2.45) is 0 Å². The number of nitrogens with zero attached hydrogens (tertiary/aromatic N) is 3. The van der Waals surface area contributed by atoms with Crippen molar-refractivity contribution >= 4 is 21.4 Å². The van der Waals surface area contributed by atoms with Crippen molar-refractivity contribution in [3.8, 4) is 0 Å². The van der Waals surface area contributed by atoms with Gasteiger partial charge in [0.25, 0.3) is 5.91 Å². The minimum atomic E-state index is -3.04. The van der Waals surface area contributed by atoms with E-state index in [-0.39, 0.29) is 23.5 Å². The molecule has 2 aromatic heterocycles. The number of para-hydroxylation sites is 1. The maximum absolute atomic E-state index is 13.4. The fourth-order valence-corrected chi connectivity index (χ4v) is 6.34. The lowest BCUT2D eigenvalue weighted by atomic mass is 10.0. The molecule has 2 aliphatic rings. The van der Waals surface area contributed by atoms with E-state index in [2.05, 4.69) is 5.32 Å². The summed E-state index contributed by atoms with van der Waals surface area (Å²) in [6, 6.07) is 10.9. The number of fused-ring (bicyclic) bond motifs is 1. The average Bonchev–Trinajstić information content (AvgIpc) is 3.44. The lowest BCUT2D eigenvalue weighted by Crippen LogP contribution is -2.42. The SMILES string of the molecule is Cc1nn([C@@H]2CCS(=O)(=O)C2)c(C)c1[C@H]1Nc2ccccc2C(=O)N1Cc1ccco1. The maximum Gasteiger partial charge on any atom is 0.258 e. The average molecular weight is 441 g/mol. The van der Waals surface area contributed by atoms with Crippen LogP contribution in [0.15, 0.2) is 47.1 Å². The van der Waals surface area contributed by atoms with Crippen LogP contribution >= 0.6 is 0 Å². The Morgan fingerprint density at radius 2 is 2.00 bits per heavy atom. The fourth-order valence-electron chi connectivity index (χ4n) is 4.65. The number of amides is 1. The van der Waals surface area contributed by atoms with Crippen LogP contribution < -0.4 is 5.32 Å². The topological polar surface area (TPSA) is 97.4 Å². The molecule has 2 aliphatic heterocycles. The van der Waals surface area contributed by atoms with Gasteiger partial charge in [-0.1, -0.05) is 12.1 Å². The van der Waals surface area contributed by atoms with E-state index in [1.807, 2.05) is 48.9 Å². The molecule has 1 N–H and O–H groups in total. The van der Waals surface area contributed by atoms with Crippen LogP contribution in [-0.4, -0.2) is 40.5 Å². The number of anilines is 1. The zero-order valence-corrected chi connectivity index (χ0v) is 18.2. The van der Waals surface area contributed by atoms with Gasteiger partial charge in [0.15, 0.2) is 9.84 Å². The summed E-state index contributed by atoms with van der Waals surface area (Å²) in [6.45, 7) is 4.15.